The van der Waals surface area contributed by atoms with E-state index in [1.807, 2.05) is 31.3 Å². The minimum atomic E-state index is 0.0318. The van der Waals surface area contributed by atoms with Crippen molar-refractivity contribution in [3.63, 3.8) is 0 Å². The molecular formula is C20H22N4O2S. The highest BCUT2D eigenvalue weighted by molar-refractivity contribution is 7.11. The molecule has 0 saturated carbocycles. The van der Waals surface area contributed by atoms with Crippen molar-refractivity contribution >= 4 is 22.2 Å². The lowest BCUT2D eigenvalue weighted by Crippen LogP contribution is -2.30. The molecule has 5 rings (SSSR count). The lowest BCUT2D eigenvalue weighted by molar-refractivity contribution is 0.112. The highest BCUT2D eigenvalue weighted by Gasteiger charge is 2.30. The molecule has 2 aromatic heterocycles. The third-order valence-corrected chi connectivity index (χ3v) is 6.61. The van der Waals surface area contributed by atoms with Crippen molar-refractivity contribution in [2.24, 2.45) is 7.05 Å². The van der Waals surface area contributed by atoms with Crippen LogP contribution in [0.5, 0.6) is 0 Å². The second kappa shape index (κ2) is 6.82. The van der Waals surface area contributed by atoms with Crippen LogP contribution in [-0.2, 0) is 31.4 Å². The molecule has 1 atom stereocenters. The van der Waals surface area contributed by atoms with Crippen LogP contribution in [0.15, 0.2) is 29.1 Å². The van der Waals surface area contributed by atoms with E-state index >= 15 is 0 Å². The number of para-hydroxylation sites is 1. The van der Waals surface area contributed by atoms with E-state index in [9.17, 15) is 4.79 Å². The summed E-state index contributed by atoms with van der Waals surface area (Å²) >= 11 is 1.76. The molecule has 7 heteroatoms. The zero-order chi connectivity index (χ0) is 18.4. The maximum atomic E-state index is 12.8. The molecule has 4 heterocycles. The summed E-state index contributed by atoms with van der Waals surface area (Å²) in [6, 6.07) is 7.76. The number of rotatable bonds is 3. The zero-order valence-corrected chi connectivity index (χ0v) is 16.2. The average Bonchev–Trinajstić information content (AvgIpc) is 3.31. The van der Waals surface area contributed by atoms with Crippen LogP contribution in [0.3, 0.4) is 0 Å². The number of thiazole rings is 1. The van der Waals surface area contributed by atoms with Crippen LogP contribution >= 0.6 is 11.3 Å². The molecule has 0 spiro atoms. The van der Waals surface area contributed by atoms with Crippen molar-refractivity contribution in [1.82, 2.24) is 19.4 Å². The Morgan fingerprint density at radius 2 is 2.19 bits per heavy atom. The summed E-state index contributed by atoms with van der Waals surface area (Å²) in [5, 5.41) is 1.82. The molecule has 3 aromatic rings. The quantitative estimate of drug-likeness (QED) is 0.697. The Morgan fingerprint density at radius 1 is 1.30 bits per heavy atom. The highest BCUT2D eigenvalue weighted by Crippen LogP contribution is 2.33. The number of ether oxygens (including phenoxy) is 1. The van der Waals surface area contributed by atoms with Crippen LogP contribution < -0.4 is 5.56 Å². The summed E-state index contributed by atoms with van der Waals surface area (Å²) < 4.78 is 7.28. The highest BCUT2D eigenvalue weighted by atomic mass is 32.1. The average molecular weight is 382 g/mol. The van der Waals surface area contributed by atoms with E-state index in [-0.39, 0.29) is 11.6 Å². The van der Waals surface area contributed by atoms with Gasteiger partial charge in [0.15, 0.2) is 0 Å². The number of nitrogens with zero attached hydrogens (tertiary/aromatic N) is 4. The lowest BCUT2D eigenvalue weighted by Gasteiger charge is -2.24. The number of benzene rings is 1. The summed E-state index contributed by atoms with van der Waals surface area (Å²) in [6.07, 6.45) is 3.05. The molecule has 0 amide bonds. The zero-order valence-electron chi connectivity index (χ0n) is 15.4. The second-order valence-corrected chi connectivity index (χ2v) is 8.43. The molecule has 0 aliphatic carbocycles. The van der Waals surface area contributed by atoms with E-state index in [0.717, 1.165) is 55.3 Å². The molecule has 0 radical (unpaired) electrons. The van der Waals surface area contributed by atoms with E-state index < -0.39 is 0 Å². The fourth-order valence-corrected chi connectivity index (χ4v) is 5.24. The van der Waals surface area contributed by atoms with Gasteiger partial charge in [0, 0.05) is 13.5 Å². The predicted molar refractivity (Wildman–Crippen MR) is 105 cm³/mol. The molecule has 140 valence electrons. The first-order valence-corrected chi connectivity index (χ1v) is 10.3. The topological polar surface area (TPSA) is 60.3 Å². The maximum Gasteiger partial charge on any atom is 0.261 e. The molecule has 1 fully saturated rings. The number of fused-ring (bicyclic) bond motifs is 2. The van der Waals surface area contributed by atoms with Crippen LogP contribution in [0.2, 0.25) is 0 Å². The molecule has 0 bridgehead atoms. The first kappa shape index (κ1) is 17.0. The van der Waals surface area contributed by atoms with Gasteiger partial charge in [0.2, 0.25) is 0 Å². The van der Waals surface area contributed by atoms with Crippen molar-refractivity contribution in [3.8, 4) is 0 Å². The summed E-state index contributed by atoms with van der Waals surface area (Å²) in [5.41, 5.74) is 2.02. The SMILES string of the molecule is Cn1c(C2CCCN2Cc2nc3c(s2)COCC3)nc2ccccc2c1=O. The smallest absolute Gasteiger partial charge is 0.261 e. The van der Waals surface area contributed by atoms with Gasteiger partial charge in [-0.2, -0.15) is 0 Å². The summed E-state index contributed by atoms with van der Waals surface area (Å²) in [5.74, 6) is 0.862. The molecule has 2 aliphatic rings. The third-order valence-electron chi connectivity index (χ3n) is 5.56. The number of aromatic nitrogens is 3. The first-order chi connectivity index (χ1) is 13.2. The lowest BCUT2D eigenvalue weighted by atomic mass is 10.1. The number of hydrogen-bond donors (Lipinski definition) is 0. The molecule has 1 saturated heterocycles. The molecule has 1 unspecified atom stereocenters. The minimum absolute atomic E-state index is 0.0318. The fourth-order valence-electron chi connectivity index (χ4n) is 4.16. The maximum absolute atomic E-state index is 12.8. The van der Waals surface area contributed by atoms with E-state index in [1.54, 1.807) is 15.9 Å². The van der Waals surface area contributed by atoms with Crippen LogP contribution in [0.25, 0.3) is 10.9 Å². The van der Waals surface area contributed by atoms with E-state index in [0.29, 0.717) is 12.0 Å². The Bertz CT molecular complexity index is 1030. The summed E-state index contributed by atoms with van der Waals surface area (Å²) in [6.45, 7) is 3.28. The third kappa shape index (κ3) is 2.99. The summed E-state index contributed by atoms with van der Waals surface area (Å²) in [7, 11) is 1.84. The summed E-state index contributed by atoms with van der Waals surface area (Å²) in [4.78, 5) is 26.2. The van der Waals surface area contributed by atoms with E-state index in [2.05, 4.69) is 4.90 Å². The van der Waals surface area contributed by atoms with Gasteiger partial charge < -0.3 is 4.74 Å². The van der Waals surface area contributed by atoms with Crippen molar-refractivity contribution in [3.05, 3.63) is 56.0 Å². The fraction of sp³-hybridized carbons (Fsp3) is 0.450. The van der Waals surface area contributed by atoms with Crippen LogP contribution in [0, 0.1) is 0 Å². The number of likely N-dealkylation sites (tertiary alicyclic amines) is 1. The molecule has 6 nitrogen and oxygen atoms in total. The molecule has 2 aliphatic heterocycles. The monoisotopic (exact) mass is 382 g/mol. The Hall–Kier alpha value is -2.09. The van der Waals surface area contributed by atoms with Crippen molar-refractivity contribution in [2.75, 3.05) is 13.2 Å². The molecule has 0 N–H and O–H groups in total. The van der Waals surface area contributed by atoms with Crippen molar-refractivity contribution < 1.29 is 4.74 Å². The van der Waals surface area contributed by atoms with Gasteiger partial charge in [0.05, 0.1) is 47.3 Å². The second-order valence-electron chi connectivity index (χ2n) is 7.26. The van der Waals surface area contributed by atoms with Gasteiger partial charge in [-0.1, -0.05) is 12.1 Å². The van der Waals surface area contributed by atoms with E-state index in [4.69, 9.17) is 14.7 Å². The predicted octanol–water partition coefficient (Wildman–Crippen LogP) is 2.80. The van der Waals surface area contributed by atoms with Crippen molar-refractivity contribution in [2.45, 2.75) is 38.5 Å². The van der Waals surface area contributed by atoms with Crippen molar-refractivity contribution in [1.29, 1.82) is 0 Å². The largest absolute Gasteiger partial charge is 0.375 e. The van der Waals surface area contributed by atoms with Crippen LogP contribution in [0.4, 0.5) is 0 Å². The van der Waals surface area contributed by atoms with Gasteiger partial charge in [-0.25, -0.2) is 9.97 Å². The number of hydrogen-bond acceptors (Lipinski definition) is 6. The van der Waals surface area contributed by atoms with Gasteiger partial charge >= 0.3 is 0 Å². The van der Waals surface area contributed by atoms with Crippen LogP contribution in [0.1, 0.15) is 40.3 Å². The first-order valence-electron chi connectivity index (χ1n) is 9.45. The Kier molecular flexibility index (Phi) is 4.30. The molecular weight excluding hydrogens is 360 g/mol. The van der Waals surface area contributed by atoms with Gasteiger partial charge in [0.25, 0.3) is 5.56 Å². The van der Waals surface area contributed by atoms with Crippen LogP contribution in [-0.4, -0.2) is 32.6 Å². The Morgan fingerprint density at radius 3 is 3.07 bits per heavy atom. The Balaban J connectivity index is 1.48. The van der Waals surface area contributed by atoms with Gasteiger partial charge in [-0.3, -0.25) is 14.3 Å². The Labute approximate surface area is 161 Å². The van der Waals surface area contributed by atoms with Gasteiger partial charge in [0.1, 0.15) is 10.8 Å². The minimum Gasteiger partial charge on any atom is -0.375 e. The van der Waals surface area contributed by atoms with Gasteiger partial charge in [-0.05, 0) is 31.5 Å². The standard InChI is InChI=1S/C20H22N4O2S/c1-23-19(22-14-6-3-2-5-13(14)20(23)25)16-7-4-9-24(16)11-18-21-15-8-10-26-12-17(15)27-18/h2-3,5-6,16H,4,7-12H2,1H3. The normalized spacial score (nSPS) is 20.3. The molecule has 27 heavy (non-hydrogen) atoms. The van der Waals surface area contributed by atoms with E-state index in [1.165, 1.54) is 10.6 Å². The molecule has 1 aromatic carbocycles. The van der Waals surface area contributed by atoms with Gasteiger partial charge in [-0.15, -0.1) is 11.3 Å².